The molecular weight excluding hydrogens is 971 g/mol. The van der Waals surface area contributed by atoms with E-state index in [0.717, 1.165) is 10.9 Å². The molecule has 0 unspecified atom stereocenters. The van der Waals surface area contributed by atoms with Gasteiger partial charge in [0.1, 0.15) is 0 Å². The number of hydrogen-bond acceptors (Lipinski definition) is 0. The topological polar surface area (TPSA) is 4.93 Å². The van der Waals surface area contributed by atoms with Gasteiger partial charge in [-0.3, -0.25) is 0 Å². The molecule has 0 N–H and O–H groups in total. The highest BCUT2D eigenvalue weighted by Crippen LogP contribution is 2.37. The number of aromatic nitrogens is 1. The van der Waals surface area contributed by atoms with Crippen LogP contribution in [-0.2, 0) is 6.42 Å². The van der Waals surface area contributed by atoms with Crippen molar-refractivity contribution in [2.75, 3.05) is 0 Å². The first-order valence-corrected chi connectivity index (χ1v) is 26.4. The SMILES string of the molecule is Brc1cccc(-c2cccc(-c3cccc(-c4ccccc4)c3)c2)c1.c1ccc(-c2cccc(-c3cccc(-c4cccc(-n5c6ccccc6c6ccccc65)c4)c3)c2)cc1.c1ccc2c(c1)Cc1ccccc1-2. The van der Waals surface area contributed by atoms with E-state index in [0.29, 0.717) is 0 Å². The van der Waals surface area contributed by atoms with E-state index < -0.39 is 0 Å². The van der Waals surface area contributed by atoms with Gasteiger partial charge in [0.25, 0.3) is 0 Å². The zero-order valence-electron chi connectivity index (χ0n) is 41.4. The van der Waals surface area contributed by atoms with Crippen LogP contribution in [0.3, 0.4) is 0 Å². The van der Waals surface area contributed by atoms with Crippen molar-refractivity contribution in [2.45, 2.75) is 6.42 Å². The Morgan fingerprint density at radius 3 is 0.973 bits per heavy atom. The van der Waals surface area contributed by atoms with Gasteiger partial charge in [-0.25, -0.2) is 0 Å². The van der Waals surface area contributed by atoms with Crippen LogP contribution >= 0.6 is 15.9 Å². The Labute approximate surface area is 448 Å². The number of nitrogens with zero attached hydrogens (tertiary/aromatic N) is 1. The van der Waals surface area contributed by atoms with Crippen LogP contribution in [0.1, 0.15) is 11.1 Å². The number of fused-ring (bicyclic) bond motifs is 6. The summed E-state index contributed by atoms with van der Waals surface area (Å²) in [5, 5.41) is 2.56. The maximum absolute atomic E-state index is 3.56. The van der Waals surface area contributed by atoms with Gasteiger partial charge in [-0.15, -0.1) is 0 Å². The summed E-state index contributed by atoms with van der Waals surface area (Å²) in [7, 11) is 0. The van der Waals surface area contributed by atoms with Crippen molar-refractivity contribution >= 4 is 37.7 Å². The summed E-state index contributed by atoms with van der Waals surface area (Å²) >= 11 is 3.56. The summed E-state index contributed by atoms with van der Waals surface area (Å²) in [6, 6.07) is 108. The summed E-state index contributed by atoms with van der Waals surface area (Å²) in [4.78, 5) is 0. The number of hydrogen-bond donors (Lipinski definition) is 0. The van der Waals surface area contributed by atoms with Crippen molar-refractivity contribution in [1.29, 1.82) is 0 Å². The third kappa shape index (κ3) is 10.2. The Morgan fingerprint density at radius 2 is 0.547 bits per heavy atom. The van der Waals surface area contributed by atoms with Crippen molar-refractivity contribution in [3.8, 4) is 83.6 Å². The summed E-state index contributed by atoms with van der Waals surface area (Å²) in [5.74, 6) is 0. The maximum atomic E-state index is 3.56. The lowest BCUT2D eigenvalue weighted by Crippen LogP contribution is -1.94. The van der Waals surface area contributed by atoms with Crippen molar-refractivity contribution in [2.24, 2.45) is 0 Å². The van der Waals surface area contributed by atoms with E-state index in [-0.39, 0.29) is 0 Å². The van der Waals surface area contributed by atoms with E-state index in [9.17, 15) is 0 Å². The van der Waals surface area contributed by atoms with E-state index in [1.54, 1.807) is 0 Å². The minimum atomic E-state index is 1.10. The fraction of sp³-hybridized carbons (Fsp3) is 0.0137. The Morgan fingerprint density at radius 1 is 0.240 bits per heavy atom. The predicted molar refractivity (Wildman–Crippen MR) is 322 cm³/mol. The second kappa shape index (κ2) is 21.6. The van der Waals surface area contributed by atoms with E-state index in [1.807, 2.05) is 0 Å². The minimum Gasteiger partial charge on any atom is -0.309 e. The zero-order chi connectivity index (χ0) is 50.3. The van der Waals surface area contributed by atoms with E-state index in [4.69, 9.17) is 0 Å². The number of rotatable bonds is 7. The average molecular weight is 1020 g/mol. The first kappa shape index (κ1) is 47.0. The lowest BCUT2D eigenvalue weighted by atomic mass is 9.96. The Hall–Kier alpha value is -9.08. The van der Waals surface area contributed by atoms with Gasteiger partial charge in [0.15, 0.2) is 0 Å². The average Bonchev–Trinajstić information content (AvgIpc) is 4.05. The number of benzene rings is 12. The van der Waals surface area contributed by atoms with Gasteiger partial charge < -0.3 is 4.57 Å². The zero-order valence-corrected chi connectivity index (χ0v) is 43.0. The van der Waals surface area contributed by atoms with Gasteiger partial charge in [0, 0.05) is 20.9 Å². The molecule has 1 aliphatic rings. The first-order chi connectivity index (χ1) is 37.1. The molecular formula is C73H52BrN. The third-order valence-corrected chi connectivity index (χ3v) is 14.7. The van der Waals surface area contributed by atoms with Crippen molar-refractivity contribution in [1.82, 2.24) is 4.57 Å². The highest BCUT2D eigenvalue weighted by Gasteiger charge is 2.16. The number of para-hydroxylation sites is 2. The molecule has 0 amide bonds. The lowest BCUT2D eigenvalue weighted by molar-refractivity contribution is 1.18. The molecule has 0 saturated heterocycles. The molecule has 13 aromatic rings. The molecule has 0 aliphatic heterocycles. The molecule has 0 fully saturated rings. The van der Waals surface area contributed by atoms with Gasteiger partial charge in [-0.2, -0.15) is 0 Å². The highest BCUT2D eigenvalue weighted by molar-refractivity contribution is 9.10. The molecule has 1 heterocycles. The van der Waals surface area contributed by atoms with Gasteiger partial charge >= 0.3 is 0 Å². The van der Waals surface area contributed by atoms with Crippen LogP contribution in [0.2, 0.25) is 0 Å². The van der Waals surface area contributed by atoms with Crippen LogP contribution in [0, 0.1) is 0 Å². The van der Waals surface area contributed by atoms with Crippen LogP contribution in [0.4, 0.5) is 0 Å². The normalized spacial score (nSPS) is 11.2. The van der Waals surface area contributed by atoms with Crippen molar-refractivity contribution < 1.29 is 0 Å². The molecule has 0 bridgehead atoms. The Kier molecular flexibility index (Phi) is 13.5. The van der Waals surface area contributed by atoms with Crippen LogP contribution in [0.15, 0.2) is 308 Å². The minimum absolute atomic E-state index is 1.10. The molecule has 1 aliphatic carbocycles. The standard InChI is InChI=1S/C36H25N.C24H17Br.C13H10/c1-2-11-26(12-3-1)27-13-8-14-28(23-27)29-15-9-16-30(24-29)31-17-10-18-32(25-31)37-35-21-6-4-19-33(35)34-20-5-7-22-36(34)37;25-24-14-6-13-23(17-24)22-12-5-11-21(16-22)20-10-4-9-19(15-20)18-7-2-1-3-8-18;1-3-7-12-10(5-1)9-11-6-2-4-8-13(11)12/h1-25H;1-17H;1-8H,9H2. The summed E-state index contributed by atoms with van der Waals surface area (Å²) in [5.41, 5.74) is 24.1. The molecule has 1 nitrogen and oxygen atoms in total. The molecule has 12 aromatic carbocycles. The summed E-state index contributed by atoms with van der Waals surface area (Å²) in [6.45, 7) is 0. The van der Waals surface area contributed by atoms with Gasteiger partial charge in [-0.05, 0) is 156 Å². The smallest absolute Gasteiger partial charge is 0.0541 e. The van der Waals surface area contributed by atoms with Crippen LogP contribution < -0.4 is 0 Å². The molecule has 0 saturated carbocycles. The van der Waals surface area contributed by atoms with Gasteiger partial charge in [0.2, 0.25) is 0 Å². The Bertz CT molecular complexity index is 4010. The second-order valence-corrected chi connectivity index (χ2v) is 19.9. The monoisotopic (exact) mass is 1020 g/mol. The van der Waals surface area contributed by atoms with Crippen LogP contribution in [0.5, 0.6) is 0 Å². The second-order valence-electron chi connectivity index (χ2n) is 19.0. The predicted octanol–water partition coefficient (Wildman–Crippen LogP) is 20.5. The summed E-state index contributed by atoms with van der Waals surface area (Å²) < 4.78 is 3.47. The molecule has 75 heavy (non-hydrogen) atoms. The van der Waals surface area contributed by atoms with Gasteiger partial charge in [-0.1, -0.05) is 259 Å². The maximum Gasteiger partial charge on any atom is 0.0541 e. The molecule has 14 rings (SSSR count). The molecule has 1 aromatic heterocycles. The van der Waals surface area contributed by atoms with Gasteiger partial charge in [0.05, 0.1) is 11.0 Å². The Balaban J connectivity index is 0.000000128. The van der Waals surface area contributed by atoms with Crippen LogP contribution in [-0.4, -0.2) is 4.57 Å². The molecule has 0 spiro atoms. The third-order valence-electron chi connectivity index (χ3n) is 14.2. The fourth-order valence-corrected chi connectivity index (χ4v) is 10.9. The number of halogens is 1. The molecule has 356 valence electrons. The molecule has 2 heteroatoms. The fourth-order valence-electron chi connectivity index (χ4n) is 10.5. The quantitative estimate of drug-likeness (QED) is 0.150. The van der Waals surface area contributed by atoms with Crippen LogP contribution in [0.25, 0.3) is 105 Å². The van der Waals surface area contributed by atoms with Crippen molar-refractivity contribution in [3.63, 3.8) is 0 Å². The summed E-state index contributed by atoms with van der Waals surface area (Å²) in [6.07, 6.45) is 1.10. The lowest BCUT2D eigenvalue weighted by Gasteiger charge is -2.12. The molecule has 0 radical (unpaired) electrons. The van der Waals surface area contributed by atoms with E-state index in [1.165, 1.54) is 117 Å². The van der Waals surface area contributed by atoms with E-state index in [2.05, 4.69) is 324 Å². The largest absolute Gasteiger partial charge is 0.309 e. The first-order valence-electron chi connectivity index (χ1n) is 25.6. The van der Waals surface area contributed by atoms with Crippen molar-refractivity contribution in [3.05, 3.63) is 319 Å². The highest BCUT2D eigenvalue weighted by atomic mass is 79.9. The van der Waals surface area contributed by atoms with E-state index >= 15 is 0 Å². The molecule has 0 atom stereocenters.